The van der Waals surface area contributed by atoms with E-state index in [1.807, 2.05) is 24.8 Å². The van der Waals surface area contributed by atoms with Crippen molar-refractivity contribution >= 4 is 28.1 Å². The summed E-state index contributed by atoms with van der Waals surface area (Å²) in [5, 5.41) is 3.97. The quantitative estimate of drug-likeness (QED) is 0.585. The summed E-state index contributed by atoms with van der Waals surface area (Å²) in [6, 6.07) is 4.48. The molecule has 2 fully saturated rings. The second-order valence-electron chi connectivity index (χ2n) is 10.2. The van der Waals surface area contributed by atoms with Gasteiger partial charge in [-0.3, -0.25) is 4.79 Å². The Morgan fingerprint density at radius 1 is 1.00 bits per heavy atom. The molecule has 1 aromatic heterocycles. The van der Waals surface area contributed by atoms with Crippen molar-refractivity contribution in [2.75, 3.05) is 19.6 Å². The van der Waals surface area contributed by atoms with Crippen LogP contribution in [0.5, 0.6) is 0 Å². The van der Waals surface area contributed by atoms with E-state index >= 15 is 0 Å². The van der Waals surface area contributed by atoms with Crippen LogP contribution in [0.2, 0.25) is 0 Å². The predicted octanol–water partition coefficient (Wildman–Crippen LogP) is 4.88. The van der Waals surface area contributed by atoms with Gasteiger partial charge in [-0.1, -0.05) is 28.9 Å². The van der Waals surface area contributed by atoms with Crippen LogP contribution in [-0.2, 0) is 14.8 Å². The van der Waals surface area contributed by atoms with E-state index in [1.54, 1.807) is 13.0 Å². The fraction of sp³-hybridized carbons (Fsp3) is 0.556. The minimum Gasteiger partial charge on any atom is -0.355 e. The number of amides is 1. The highest BCUT2D eigenvalue weighted by Gasteiger charge is 2.37. The first-order chi connectivity index (χ1) is 16.6. The summed E-state index contributed by atoms with van der Waals surface area (Å²) in [5.74, 6) is 0.308. The first-order valence-electron chi connectivity index (χ1n) is 12.6. The van der Waals surface area contributed by atoms with Crippen molar-refractivity contribution in [3.05, 3.63) is 45.8 Å². The van der Waals surface area contributed by atoms with Crippen LogP contribution in [0.15, 0.2) is 21.6 Å². The van der Waals surface area contributed by atoms with E-state index in [1.165, 1.54) is 16.3 Å². The maximum atomic E-state index is 13.6. The Kier molecular flexibility index (Phi) is 7.52. The van der Waals surface area contributed by atoms with Gasteiger partial charge in [0.1, 0.15) is 5.69 Å². The van der Waals surface area contributed by atoms with Gasteiger partial charge < -0.3 is 9.42 Å². The lowest BCUT2D eigenvalue weighted by atomic mass is 9.94. The highest BCUT2D eigenvalue weighted by atomic mass is 32.2. The van der Waals surface area contributed by atoms with Crippen molar-refractivity contribution < 1.29 is 17.7 Å². The number of aromatic nitrogens is 1. The maximum Gasteiger partial charge on any atom is 0.248 e. The van der Waals surface area contributed by atoms with Crippen molar-refractivity contribution in [1.82, 2.24) is 14.4 Å². The predicted molar refractivity (Wildman–Crippen MR) is 137 cm³/mol. The molecule has 0 saturated carbocycles. The highest BCUT2D eigenvalue weighted by Crippen LogP contribution is 2.31. The van der Waals surface area contributed by atoms with Crippen LogP contribution in [0.1, 0.15) is 72.7 Å². The van der Waals surface area contributed by atoms with Crippen molar-refractivity contribution in [1.29, 1.82) is 0 Å². The Bertz CT molecular complexity index is 1200. The molecule has 2 saturated heterocycles. The number of carbonyl (C=O) groups excluding carboxylic acids is 1. The Morgan fingerprint density at radius 2 is 1.66 bits per heavy atom. The van der Waals surface area contributed by atoms with E-state index in [0.29, 0.717) is 31.6 Å². The van der Waals surface area contributed by atoms with E-state index in [-0.39, 0.29) is 28.5 Å². The third-order valence-electron chi connectivity index (χ3n) is 7.46. The first-order valence-corrected chi connectivity index (χ1v) is 14.1. The molecule has 0 N–H and O–H groups in total. The average Bonchev–Trinajstić information content (AvgIpc) is 3.19. The van der Waals surface area contributed by atoms with Crippen molar-refractivity contribution in [3.8, 4) is 0 Å². The summed E-state index contributed by atoms with van der Waals surface area (Å²) in [5.41, 5.74) is 4.82. The SMILES string of the molecule is Cc1cc(C)c(C=Cc2onc(C)c2S(=O)(=O)N2CCC(C(=O)N3CCCCC3C)CC2)c(C)c1. The van der Waals surface area contributed by atoms with Crippen molar-refractivity contribution in [3.63, 3.8) is 0 Å². The molecule has 4 rings (SSSR count). The lowest BCUT2D eigenvalue weighted by Gasteiger charge is -2.38. The zero-order valence-electron chi connectivity index (χ0n) is 21.5. The molecule has 1 atom stereocenters. The van der Waals surface area contributed by atoms with Gasteiger partial charge in [0.05, 0.1) is 0 Å². The summed E-state index contributed by atoms with van der Waals surface area (Å²) in [7, 11) is -3.80. The molecule has 1 amide bonds. The second-order valence-corrected chi connectivity index (χ2v) is 12.0. The van der Waals surface area contributed by atoms with Crippen LogP contribution < -0.4 is 0 Å². The van der Waals surface area contributed by atoms with E-state index in [2.05, 4.69) is 31.1 Å². The van der Waals surface area contributed by atoms with Gasteiger partial charge in [0.15, 0.2) is 10.7 Å². The van der Waals surface area contributed by atoms with Gasteiger partial charge in [-0.25, -0.2) is 8.42 Å². The molecule has 0 aliphatic carbocycles. The van der Waals surface area contributed by atoms with Gasteiger partial charge in [0.2, 0.25) is 15.9 Å². The summed E-state index contributed by atoms with van der Waals surface area (Å²) in [6.45, 7) is 11.4. The summed E-state index contributed by atoms with van der Waals surface area (Å²) in [4.78, 5) is 15.2. The number of nitrogens with zero attached hydrogens (tertiary/aromatic N) is 3. The number of hydrogen-bond acceptors (Lipinski definition) is 5. The van der Waals surface area contributed by atoms with Crippen molar-refractivity contribution in [2.45, 2.75) is 77.7 Å². The third-order valence-corrected chi connectivity index (χ3v) is 9.52. The van der Waals surface area contributed by atoms with Gasteiger partial charge in [0, 0.05) is 31.6 Å². The number of hydrogen-bond donors (Lipinski definition) is 0. The topological polar surface area (TPSA) is 83.7 Å². The average molecular weight is 500 g/mol. The fourth-order valence-corrected chi connectivity index (χ4v) is 7.26. The summed E-state index contributed by atoms with van der Waals surface area (Å²) < 4.78 is 34.1. The molecule has 8 heteroatoms. The minimum atomic E-state index is -3.80. The van der Waals surface area contributed by atoms with Gasteiger partial charge >= 0.3 is 0 Å². The fourth-order valence-electron chi connectivity index (χ4n) is 5.54. The lowest BCUT2D eigenvalue weighted by molar-refractivity contribution is -0.140. The standard InChI is InChI=1S/C27H37N3O4S/c1-18-16-19(2)24(20(3)17-18)9-10-25-26(22(5)28-34-25)35(32,33)29-14-11-23(12-15-29)27(31)30-13-7-6-8-21(30)4/h9-10,16-17,21,23H,6-8,11-15H2,1-5H3. The van der Waals surface area contributed by atoms with E-state index in [4.69, 9.17) is 4.52 Å². The Balaban J connectivity index is 1.50. The molecule has 3 heterocycles. The number of carbonyl (C=O) groups is 1. The van der Waals surface area contributed by atoms with Crippen LogP contribution >= 0.6 is 0 Å². The summed E-state index contributed by atoms with van der Waals surface area (Å²) >= 11 is 0. The Morgan fingerprint density at radius 3 is 2.29 bits per heavy atom. The maximum absolute atomic E-state index is 13.6. The molecule has 0 bridgehead atoms. The second kappa shape index (κ2) is 10.3. The van der Waals surface area contributed by atoms with Crippen LogP contribution in [0.25, 0.3) is 12.2 Å². The molecular formula is C27H37N3O4S. The molecule has 35 heavy (non-hydrogen) atoms. The molecular weight excluding hydrogens is 462 g/mol. The van der Waals surface area contributed by atoms with Crippen molar-refractivity contribution in [2.24, 2.45) is 5.92 Å². The van der Waals surface area contributed by atoms with Crippen LogP contribution in [0.4, 0.5) is 0 Å². The zero-order valence-corrected chi connectivity index (χ0v) is 22.3. The number of likely N-dealkylation sites (tertiary alicyclic amines) is 1. The molecule has 2 aromatic rings. The van der Waals surface area contributed by atoms with E-state index in [9.17, 15) is 13.2 Å². The molecule has 2 aliphatic rings. The molecule has 0 spiro atoms. The van der Waals surface area contributed by atoms with Crippen LogP contribution in [-0.4, -0.2) is 54.4 Å². The van der Waals surface area contributed by atoms with Gasteiger partial charge in [-0.05, 0) is 89.5 Å². The molecule has 190 valence electrons. The number of aryl methyl sites for hydroxylation is 4. The first kappa shape index (κ1) is 25.6. The minimum absolute atomic E-state index is 0.113. The van der Waals surface area contributed by atoms with E-state index < -0.39 is 10.0 Å². The summed E-state index contributed by atoms with van der Waals surface area (Å²) in [6.07, 6.45) is 7.94. The highest BCUT2D eigenvalue weighted by molar-refractivity contribution is 7.89. The Hall–Kier alpha value is -2.45. The molecule has 7 nitrogen and oxygen atoms in total. The number of benzene rings is 1. The molecule has 2 aliphatic heterocycles. The normalized spacial score (nSPS) is 20.6. The number of rotatable bonds is 5. The molecule has 0 radical (unpaired) electrons. The molecule has 1 aromatic carbocycles. The van der Waals surface area contributed by atoms with E-state index in [0.717, 1.165) is 36.1 Å². The smallest absolute Gasteiger partial charge is 0.248 e. The largest absolute Gasteiger partial charge is 0.355 e. The third kappa shape index (κ3) is 5.23. The van der Waals surface area contributed by atoms with Gasteiger partial charge in [-0.2, -0.15) is 4.31 Å². The van der Waals surface area contributed by atoms with Gasteiger partial charge in [-0.15, -0.1) is 0 Å². The van der Waals surface area contributed by atoms with Gasteiger partial charge in [0.25, 0.3) is 0 Å². The Labute approximate surface area is 209 Å². The number of piperidine rings is 2. The number of sulfonamides is 1. The molecule has 1 unspecified atom stereocenters. The lowest BCUT2D eigenvalue weighted by Crippen LogP contribution is -2.48. The van der Waals surface area contributed by atoms with Crippen LogP contribution in [0.3, 0.4) is 0 Å². The van der Waals surface area contributed by atoms with Crippen LogP contribution in [0, 0.1) is 33.6 Å². The monoisotopic (exact) mass is 499 g/mol. The zero-order chi connectivity index (χ0) is 25.3.